The van der Waals surface area contributed by atoms with Crippen LogP contribution in [0.3, 0.4) is 0 Å². The Kier molecular flexibility index (Phi) is 4.06. The van der Waals surface area contributed by atoms with E-state index in [0.29, 0.717) is 18.4 Å². The fourth-order valence-corrected chi connectivity index (χ4v) is 2.64. The van der Waals surface area contributed by atoms with E-state index in [4.69, 9.17) is 4.74 Å². The summed E-state index contributed by atoms with van der Waals surface area (Å²) in [6.07, 6.45) is 2.54. The molecule has 4 heteroatoms. The Hall–Kier alpha value is -1.63. The van der Waals surface area contributed by atoms with Gasteiger partial charge in [0, 0.05) is 5.92 Å². The van der Waals surface area contributed by atoms with Gasteiger partial charge in [-0.3, -0.25) is 9.59 Å². The van der Waals surface area contributed by atoms with E-state index >= 15 is 0 Å². The van der Waals surface area contributed by atoms with E-state index in [1.54, 1.807) is 6.92 Å². The predicted octanol–water partition coefficient (Wildman–Crippen LogP) is 2.00. The molecule has 0 aromatic carbocycles. The molecule has 92 valence electrons. The number of nitrogens with zero attached hydrogens (tertiary/aromatic N) is 1. The molecule has 0 saturated heterocycles. The fourth-order valence-electron chi connectivity index (χ4n) is 2.64. The van der Waals surface area contributed by atoms with E-state index in [0.717, 1.165) is 18.3 Å². The van der Waals surface area contributed by atoms with Crippen molar-refractivity contribution in [2.24, 2.45) is 11.3 Å². The number of methoxy groups -OCH3 is 1. The number of nitriles is 1. The quantitative estimate of drug-likeness (QED) is 0.552. The van der Waals surface area contributed by atoms with Crippen molar-refractivity contribution < 1.29 is 14.3 Å². The first-order valence-electron chi connectivity index (χ1n) is 5.71. The molecule has 0 spiro atoms. The number of hydrogen-bond acceptors (Lipinski definition) is 4. The van der Waals surface area contributed by atoms with Gasteiger partial charge in [0.15, 0.2) is 5.41 Å². The molecule has 1 aliphatic rings. The van der Waals surface area contributed by atoms with Crippen molar-refractivity contribution in [1.29, 1.82) is 5.26 Å². The molecule has 0 saturated carbocycles. The molecule has 0 N–H and O–H groups in total. The average molecular weight is 235 g/mol. The van der Waals surface area contributed by atoms with E-state index in [9.17, 15) is 14.9 Å². The summed E-state index contributed by atoms with van der Waals surface area (Å²) in [5.41, 5.74) is 0.217. The van der Waals surface area contributed by atoms with Gasteiger partial charge in [0.05, 0.1) is 13.2 Å². The van der Waals surface area contributed by atoms with Crippen LogP contribution in [0.5, 0.6) is 0 Å². The second-order valence-electron chi connectivity index (χ2n) is 4.45. The second kappa shape index (κ2) is 5.13. The summed E-state index contributed by atoms with van der Waals surface area (Å²) in [4.78, 5) is 23.0. The number of hydrogen-bond donors (Lipinski definition) is 0. The van der Waals surface area contributed by atoms with E-state index < -0.39 is 11.4 Å². The van der Waals surface area contributed by atoms with Crippen LogP contribution in [-0.4, -0.2) is 19.4 Å². The molecule has 0 aromatic heterocycles. The minimum Gasteiger partial charge on any atom is -0.468 e. The molecule has 2 atom stereocenters. The average Bonchev–Trinajstić information content (AvgIpc) is 2.62. The van der Waals surface area contributed by atoms with Crippen LogP contribution in [0.4, 0.5) is 0 Å². The maximum absolute atomic E-state index is 11.9. The van der Waals surface area contributed by atoms with Gasteiger partial charge >= 0.3 is 5.97 Å². The van der Waals surface area contributed by atoms with Gasteiger partial charge in [0.2, 0.25) is 0 Å². The Morgan fingerprint density at radius 3 is 2.76 bits per heavy atom. The summed E-state index contributed by atoms with van der Waals surface area (Å²) in [7, 11) is 1.28. The van der Waals surface area contributed by atoms with Gasteiger partial charge in [-0.25, -0.2) is 0 Å². The maximum atomic E-state index is 11.9. The molecule has 0 heterocycles. The van der Waals surface area contributed by atoms with Gasteiger partial charge in [0.1, 0.15) is 6.29 Å². The molecule has 0 fully saturated rings. The summed E-state index contributed by atoms with van der Waals surface area (Å²) in [5, 5.41) is 9.35. The predicted molar refractivity (Wildman–Crippen MR) is 61.8 cm³/mol. The SMILES string of the molecule is CCC[C@@H]1C(C=O)=C(C)C[C@@]1(C#N)C(=O)OC. The molecule has 0 unspecified atom stereocenters. The lowest BCUT2D eigenvalue weighted by atomic mass is 9.74. The molecule has 0 aromatic rings. The zero-order chi connectivity index (χ0) is 13.1. The Labute approximate surface area is 101 Å². The number of aldehydes is 1. The fraction of sp³-hybridized carbons (Fsp3) is 0.615. The Morgan fingerprint density at radius 2 is 2.35 bits per heavy atom. The first-order chi connectivity index (χ1) is 8.07. The van der Waals surface area contributed by atoms with Crippen LogP contribution < -0.4 is 0 Å². The van der Waals surface area contributed by atoms with Gasteiger partial charge in [-0.05, 0) is 25.3 Å². The molecule has 1 rings (SSSR count). The maximum Gasteiger partial charge on any atom is 0.327 e. The third-order valence-electron chi connectivity index (χ3n) is 3.46. The van der Waals surface area contributed by atoms with E-state index in [1.807, 2.05) is 6.92 Å². The zero-order valence-electron chi connectivity index (χ0n) is 10.4. The lowest BCUT2D eigenvalue weighted by molar-refractivity contribution is -0.151. The monoisotopic (exact) mass is 235 g/mol. The van der Waals surface area contributed by atoms with Gasteiger partial charge in [-0.1, -0.05) is 18.9 Å². The van der Waals surface area contributed by atoms with Crippen molar-refractivity contribution in [3.05, 3.63) is 11.1 Å². The van der Waals surface area contributed by atoms with Crippen molar-refractivity contribution in [2.75, 3.05) is 7.11 Å². The molecule has 0 bridgehead atoms. The van der Waals surface area contributed by atoms with Crippen LogP contribution in [-0.2, 0) is 14.3 Å². The van der Waals surface area contributed by atoms with Crippen molar-refractivity contribution in [3.63, 3.8) is 0 Å². The summed E-state index contributed by atoms with van der Waals surface area (Å²) >= 11 is 0. The lowest BCUT2D eigenvalue weighted by Gasteiger charge is -2.26. The van der Waals surface area contributed by atoms with E-state index in [2.05, 4.69) is 6.07 Å². The highest BCUT2D eigenvalue weighted by Gasteiger charge is 2.53. The van der Waals surface area contributed by atoms with Crippen molar-refractivity contribution in [1.82, 2.24) is 0 Å². The Bertz CT molecular complexity index is 405. The number of esters is 1. The number of allylic oxidation sites excluding steroid dienone is 2. The van der Waals surface area contributed by atoms with Crippen molar-refractivity contribution in [3.8, 4) is 6.07 Å². The van der Waals surface area contributed by atoms with Crippen LogP contribution in [0.1, 0.15) is 33.1 Å². The van der Waals surface area contributed by atoms with Crippen molar-refractivity contribution >= 4 is 12.3 Å². The molecule has 0 radical (unpaired) electrons. The highest BCUT2D eigenvalue weighted by Crippen LogP contribution is 2.48. The number of ether oxygens (including phenoxy) is 1. The van der Waals surface area contributed by atoms with Gasteiger partial charge in [-0.15, -0.1) is 0 Å². The zero-order valence-corrected chi connectivity index (χ0v) is 10.4. The van der Waals surface area contributed by atoms with Gasteiger partial charge in [-0.2, -0.15) is 5.26 Å². The van der Waals surface area contributed by atoms with E-state index in [-0.39, 0.29) is 5.92 Å². The molecule has 4 nitrogen and oxygen atoms in total. The van der Waals surface area contributed by atoms with Crippen molar-refractivity contribution in [2.45, 2.75) is 33.1 Å². The minimum atomic E-state index is -1.20. The molecular formula is C13H17NO3. The van der Waals surface area contributed by atoms with Crippen LogP contribution in [0, 0.1) is 22.7 Å². The Morgan fingerprint density at radius 1 is 1.71 bits per heavy atom. The van der Waals surface area contributed by atoms with Crippen LogP contribution in [0.25, 0.3) is 0 Å². The first kappa shape index (κ1) is 13.4. The molecule has 0 aliphatic heterocycles. The summed E-state index contributed by atoms with van der Waals surface area (Å²) in [5.74, 6) is -0.864. The summed E-state index contributed by atoms with van der Waals surface area (Å²) in [6.45, 7) is 3.77. The largest absolute Gasteiger partial charge is 0.468 e. The standard InChI is InChI=1S/C13H17NO3/c1-4-5-11-10(7-15)9(2)6-13(11,8-14)12(16)17-3/h7,11H,4-6H2,1-3H3/t11-,13+/m1/s1. The van der Waals surface area contributed by atoms with Gasteiger partial charge in [0.25, 0.3) is 0 Å². The third kappa shape index (κ3) is 1.97. The highest BCUT2D eigenvalue weighted by atomic mass is 16.5. The number of carbonyl (C=O) groups excluding carboxylic acids is 2. The number of carbonyl (C=O) groups is 2. The molecule has 17 heavy (non-hydrogen) atoms. The Balaban J connectivity index is 3.23. The minimum absolute atomic E-state index is 0.301. The smallest absolute Gasteiger partial charge is 0.327 e. The first-order valence-corrected chi connectivity index (χ1v) is 5.71. The van der Waals surface area contributed by atoms with Crippen LogP contribution in [0.15, 0.2) is 11.1 Å². The highest BCUT2D eigenvalue weighted by molar-refractivity contribution is 5.87. The molecule has 0 amide bonds. The molecular weight excluding hydrogens is 218 g/mol. The summed E-state index contributed by atoms with van der Waals surface area (Å²) in [6, 6.07) is 2.08. The van der Waals surface area contributed by atoms with Crippen LogP contribution in [0.2, 0.25) is 0 Å². The molecule has 1 aliphatic carbocycles. The normalized spacial score (nSPS) is 27.8. The van der Waals surface area contributed by atoms with Crippen LogP contribution >= 0.6 is 0 Å². The summed E-state index contributed by atoms with van der Waals surface area (Å²) < 4.78 is 4.74. The third-order valence-corrected chi connectivity index (χ3v) is 3.46. The van der Waals surface area contributed by atoms with E-state index in [1.165, 1.54) is 7.11 Å². The topological polar surface area (TPSA) is 67.2 Å². The second-order valence-corrected chi connectivity index (χ2v) is 4.45. The lowest BCUT2D eigenvalue weighted by Crippen LogP contribution is -2.36. The number of rotatable bonds is 4. The van der Waals surface area contributed by atoms with Gasteiger partial charge < -0.3 is 4.74 Å².